The Bertz CT molecular complexity index is 722. The highest BCUT2D eigenvalue weighted by Crippen LogP contribution is 2.42. The van der Waals surface area contributed by atoms with Gasteiger partial charge in [0.05, 0.1) is 25.3 Å². The number of imidazole rings is 1. The molecule has 0 radical (unpaired) electrons. The predicted molar refractivity (Wildman–Crippen MR) is 71.1 cm³/mol. The number of rotatable bonds is 6. The van der Waals surface area contributed by atoms with E-state index in [1.807, 2.05) is 0 Å². The number of methoxy groups -OCH3 is 1. The molecule has 0 amide bonds. The van der Waals surface area contributed by atoms with E-state index < -0.39 is 19.7 Å². The lowest BCUT2D eigenvalue weighted by molar-refractivity contribution is -0.114. The standard InChI is InChI=1S/C10H16N5O5P/c1-6(20-10(19-2)21(16,17)18)3-15-5-14-8(11)7-9(15)13-4-12-7/h4-6,10-11H,3H2,1-2H3,(H,12,13)(H2,16,17,18)/t6?,10-/m0/s1. The average molecular weight is 317 g/mol. The summed E-state index contributed by atoms with van der Waals surface area (Å²) in [5.74, 6) is 0. The smallest absolute Gasteiger partial charge is 0.346 e. The Morgan fingerprint density at radius 2 is 2.24 bits per heavy atom. The first-order valence-electron chi connectivity index (χ1n) is 5.99. The van der Waals surface area contributed by atoms with Gasteiger partial charge in [-0.2, -0.15) is 0 Å². The Kier molecular flexibility index (Phi) is 4.55. The second-order valence-electron chi connectivity index (χ2n) is 4.43. The van der Waals surface area contributed by atoms with Crippen molar-refractivity contribution in [2.24, 2.45) is 0 Å². The average Bonchev–Trinajstić information content (AvgIpc) is 2.88. The lowest BCUT2D eigenvalue weighted by Crippen LogP contribution is -2.26. The van der Waals surface area contributed by atoms with Crippen molar-refractivity contribution in [2.75, 3.05) is 7.11 Å². The molecular weight excluding hydrogens is 301 g/mol. The summed E-state index contributed by atoms with van der Waals surface area (Å²) in [7, 11) is -3.34. The summed E-state index contributed by atoms with van der Waals surface area (Å²) in [6.07, 6.45) is 2.30. The van der Waals surface area contributed by atoms with Gasteiger partial charge in [-0.05, 0) is 6.92 Å². The van der Waals surface area contributed by atoms with E-state index in [0.29, 0.717) is 11.2 Å². The van der Waals surface area contributed by atoms with E-state index in [-0.39, 0.29) is 12.0 Å². The van der Waals surface area contributed by atoms with Crippen LogP contribution in [-0.4, -0.2) is 48.6 Å². The summed E-state index contributed by atoms with van der Waals surface area (Å²) in [6.45, 7) is 1.89. The third kappa shape index (κ3) is 3.55. The minimum atomic E-state index is -4.50. The van der Waals surface area contributed by atoms with Crippen LogP contribution in [0.3, 0.4) is 0 Å². The van der Waals surface area contributed by atoms with Gasteiger partial charge in [0.2, 0.25) is 0 Å². The molecule has 116 valence electrons. The molecule has 0 aliphatic heterocycles. The van der Waals surface area contributed by atoms with Crippen molar-refractivity contribution in [1.82, 2.24) is 19.5 Å². The molecule has 0 saturated carbocycles. The van der Waals surface area contributed by atoms with Crippen LogP contribution in [-0.2, 0) is 20.6 Å². The van der Waals surface area contributed by atoms with E-state index in [0.717, 1.165) is 7.11 Å². The monoisotopic (exact) mass is 317 g/mol. The zero-order chi connectivity index (χ0) is 15.6. The van der Waals surface area contributed by atoms with E-state index in [2.05, 4.69) is 19.7 Å². The molecule has 2 aromatic heterocycles. The van der Waals surface area contributed by atoms with E-state index in [1.54, 1.807) is 11.5 Å². The molecule has 1 unspecified atom stereocenters. The van der Waals surface area contributed by atoms with Crippen molar-refractivity contribution in [1.29, 1.82) is 5.41 Å². The minimum absolute atomic E-state index is 0.0670. The normalized spacial score (nSPS) is 15.2. The Balaban J connectivity index is 2.17. The van der Waals surface area contributed by atoms with Gasteiger partial charge in [0.1, 0.15) is 5.52 Å². The summed E-state index contributed by atoms with van der Waals surface area (Å²) in [4.78, 5) is 28.9. The van der Waals surface area contributed by atoms with Crippen LogP contribution in [0.4, 0.5) is 0 Å². The van der Waals surface area contributed by atoms with Gasteiger partial charge in [-0.3, -0.25) is 9.97 Å². The van der Waals surface area contributed by atoms with Crippen LogP contribution in [0.25, 0.3) is 11.2 Å². The summed E-state index contributed by atoms with van der Waals surface area (Å²) in [5, 5.41) is 7.63. The number of ether oxygens (including phenoxy) is 2. The summed E-state index contributed by atoms with van der Waals surface area (Å²) >= 11 is 0. The Morgan fingerprint density at radius 1 is 1.52 bits per heavy atom. The van der Waals surface area contributed by atoms with Crippen molar-refractivity contribution < 1.29 is 23.8 Å². The quantitative estimate of drug-likeness (QED) is 0.424. The minimum Gasteiger partial charge on any atom is -0.346 e. The molecule has 0 aliphatic rings. The van der Waals surface area contributed by atoms with Crippen LogP contribution in [0, 0.1) is 5.41 Å². The largest absolute Gasteiger partial charge is 0.381 e. The highest BCUT2D eigenvalue weighted by molar-refractivity contribution is 7.52. The van der Waals surface area contributed by atoms with E-state index in [4.69, 9.17) is 19.9 Å². The maximum atomic E-state index is 11.1. The van der Waals surface area contributed by atoms with Gasteiger partial charge in [0, 0.05) is 7.11 Å². The first-order valence-corrected chi connectivity index (χ1v) is 7.67. The zero-order valence-electron chi connectivity index (χ0n) is 11.4. The molecule has 2 aromatic rings. The molecule has 11 heteroatoms. The zero-order valence-corrected chi connectivity index (χ0v) is 12.3. The molecule has 0 bridgehead atoms. The fraction of sp³-hybridized carbons (Fsp3) is 0.500. The second kappa shape index (κ2) is 6.04. The number of nitrogens with zero attached hydrogens (tertiary/aromatic N) is 3. The van der Waals surface area contributed by atoms with Crippen LogP contribution in [0.1, 0.15) is 6.92 Å². The summed E-state index contributed by atoms with van der Waals surface area (Å²) in [5.41, 5.74) is 1.05. The van der Waals surface area contributed by atoms with Crippen molar-refractivity contribution >= 4 is 18.8 Å². The molecule has 2 heterocycles. The SMILES string of the molecule is CO[C@@H](OC(C)Cn1cnc(=N)c2[nH]cnc21)P(=O)(O)O. The fourth-order valence-corrected chi connectivity index (χ4v) is 2.49. The molecule has 10 nitrogen and oxygen atoms in total. The van der Waals surface area contributed by atoms with Gasteiger partial charge in [0.15, 0.2) is 11.1 Å². The number of aromatic nitrogens is 4. The van der Waals surface area contributed by atoms with Gasteiger partial charge in [-0.15, -0.1) is 0 Å². The third-order valence-corrected chi connectivity index (χ3v) is 3.61. The molecule has 0 fully saturated rings. The number of nitrogens with one attached hydrogen (secondary N) is 2. The fourth-order valence-electron chi connectivity index (χ4n) is 1.85. The van der Waals surface area contributed by atoms with Crippen LogP contribution in [0.2, 0.25) is 0 Å². The van der Waals surface area contributed by atoms with Crippen LogP contribution in [0.15, 0.2) is 12.7 Å². The van der Waals surface area contributed by atoms with Gasteiger partial charge in [-0.1, -0.05) is 0 Å². The van der Waals surface area contributed by atoms with Gasteiger partial charge >= 0.3 is 7.60 Å². The van der Waals surface area contributed by atoms with E-state index >= 15 is 0 Å². The van der Waals surface area contributed by atoms with Crippen LogP contribution >= 0.6 is 7.60 Å². The Morgan fingerprint density at radius 3 is 2.86 bits per heavy atom. The van der Waals surface area contributed by atoms with Crippen LogP contribution < -0.4 is 5.49 Å². The molecule has 2 rings (SSSR count). The predicted octanol–water partition coefficient (Wildman–Crippen LogP) is -0.248. The Hall–Kier alpha value is -1.58. The number of aromatic amines is 1. The maximum Gasteiger partial charge on any atom is 0.381 e. The molecule has 0 spiro atoms. The van der Waals surface area contributed by atoms with Crippen LogP contribution in [0.5, 0.6) is 0 Å². The van der Waals surface area contributed by atoms with Crippen molar-refractivity contribution in [3.8, 4) is 0 Å². The lowest BCUT2D eigenvalue weighted by Gasteiger charge is -2.22. The van der Waals surface area contributed by atoms with Gasteiger partial charge in [-0.25, -0.2) is 9.97 Å². The first-order chi connectivity index (χ1) is 9.82. The van der Waals surface area contributed by atoms with Crippen molar-refractivity contribution in [2.45, 2.75) is 25.6 Å². The maximum absolute atomic E-state index is 11.1. The van der Waals surface area contributed by atoms with Gasteiger partial charge in [0.25, 0.3) is 6.03 Å². The molecule has 4 N–H and O–H groups in total. The molecule has 0 aliphatic carbocycles. The second-order valence-corrected chi connectivity index (χ2v) is 6.03. The lowest BCUT2D eigenvalue weighted by atomic mass is 10.4. The first kappa shape index (κ1) is 15.8. The molecular formula is C10H16N5O5P. The number of H-pyrrole nitrogens is 1. The molecule has 0 aromatic carbocycles. The highest BCUT2D eigenvalue weighted by atomic mass is 31.2. The molecule has 0 saturated heterocycles. The van der Waals surface area contributed by atoms with E-state index in [1.165, 1.54) is 12.7 Å². The topological polar surface area (TPSA) is 146 Å². The number of fused-ring (bicyclic) bond motifs is 1. The summed E-state index contributed by atoms with van der Waals surface area (Å²) < 4.78 is 22.6. The summed E-state index contributed by atoms with van der Waals surface area (Å²) in [6, 6.07) is -1.62. The third-order valence-electron chi connectivity index (χ3n) is 2.73. The van der Waals surface area contributed by atoms with Gasteiger partial charge < -0.3 is 28.8 Å². The van der Waals surface area contributed by atoms with Crippen molar-refractivity contribution in [3.63, 3.8) is 0 Å². The molecule has 21 heavy (non-hydrogen) atoms. The van der Waals surface area contributed by atoms with E-state index in [9.17, 15) is 4.57 Å². The number of hydrogen-bond donors (Lipinski definition) is 4. The Labute approximate surface area is 119 Å². The number of hydrogen-bond acceptors (Lipinski definition) is 6. The van der Waals surface area contributed by atoms with Crippen molar-refractivity contribution in [3.05, 3.63) is 18.1 Å². The highest BCUT2D eigenvalue weighted by Gasteiger charge is 2.31. The molecule has 2 atom stereocenters.